The highest BCUT2D eigenvalue weighted by molar-refractivity contribution is 5.71. The second kappa shape index (κ2) is 6.28. The number of piperidine rings is 1. The summed E-state index contributed by atoms with van der Waals surface area (Å²) in [4.78, 5) is 14.1. The van der Waals surface area contributed by atoms with Gasteiger partial charge in [-0.05, 0) is 69.4 Å². The van der Waals surface area contributed by atoms with Gasteiger partial charge >= 0.3 is 5.97 Å². The van der Waals surface area contributed by atoms with E-state index < -0.39 is 5.97 Å². The predicted octanol–water partition coefficient (Wildman–Crippen LogP) is 3.92. The number of likely N-dealkylation sites (tertiary alicyclic amines) is 1. The average molecular weight is 293 g/mol. The van der Waals surface area contributed by atoms with E-state index in [1.54, 1.807) is 0 Å². The highest BCUT2D eigenvalue weighted by atomic mass is 16.4. The Labute approximate surface area is 129 Å². The SMILES string of the molecule is CC1CCC(C(=O)O)C(N2CCC3(CCCCC3)CC2)C1. The van der Waals surface area contributed by atoms with Gasteiger partial charge in [-0.25, -0.2) is 0 Å². The lowest BCUT2D eigenvalue weighted by Crippen LogP contribution is -2.51. The van der Waals surface area contributed by atoms with Gasteiger partial charge in [-0.1, -0.05) is 26.2 Å². The van der Waals surface area contributed by atoms with Crippen LogP contribution < -0.4 is 0 Å². The zero-order chi connectivity index (χ0) is 14.9. The smallest absolute Gasteiger partial charge is 0.308 e. The molecule has 0 radical (unpaired) electrons. The molecule has 0 bridgehead atoms. The molecule has 1 N–H and O–H groups in total. The highest BCUT2D eigenvalue weighted by Crippen LogP contribution is 2.46. The summed E-state index contributed by atoms with van der Waals surface area (Å²) < 4.78 is 0. The molecule has 21 heavy (non-hydrogen) atoms. The third-order valence-electron chi connectivity index (χ3n) is 6.64. The third-order valence-corrected chi connectivity index (χ3v) is 6.64. The van der Waals surface area contributed by atoms with Gasteiger partial charge in [0.05, 0.1) is 5.92 Å². The summed E-state index contributed by atoms with van der Waals surface area (Å²) in [5.74, 6) is 0.00243. The fourth-order valence-corrected chi connectivity index (χ4v) is 5.17. The zero-order valence-electron chi connectivity index (χ0n) is 13.5. The first-order chi connectivity index (χ1) is 10.1. The second-order valence-corrected chi connectivity index (χ2v) is 8.03. The lowest BCUT2D eigenvalue weighted by Gasteiger charge is -2.49. The Morgan fingerprint density at radius 3 is 2.33 bits per heavy atom. The van der Waals surface area contributed by atoms with Crippen molar-refractivity contribution in [2.75, 3.05) is 13.1 Å². The Morgan fingerprint density at radius 2 is 1.71 bits per heavy atom. The van der Waals surface area contributed by atoms with Crippen molar-refractivity contribution in [2.24, 2.45) is 17.3 Å². The lowest BCUT2D eigenvalue weighted by atomic mass is 9.67. The molecule has 1 spiro atoms. The molecule has 3 heteroatoms. The molecular formula is C18H31NO2. The molecule has 2 aliphatic carbocycles. The van der Waals surface area contributed by atoms with Crippen molar-refractivity contribution >= 4 is 5.97 Å². The average Bonchev–Trinajstić information content (AvgIpc) is 2.48. The molecule has 3 fully saturated rings. The number of hydrogen-bond donors (Lipinski definition) is 1. The van der Waals surface area contributed by atoms with Crippen LogP contribution in [0.15, 0.2) is 0 Å². The van der Waals surface area contributed by atoms with E-state index in [1.165, 1.54) is 44.9 Å². The van der Waals surface area contributed by atoms with Gasteiger partial charge in [0.1, 0.15) is 0 Å². The van der Waals surface area contributed by atoms with Crippen LogP contribution in [-0.2, 0) is 4.79 Å². The molecular weight excluding hydrogens is 262 g/mol. The van der Waals surface area contributed by atoms with Crippen LogP contribution in [-0.4, -0.2) is 35.1 Å². The van der Waals surface area contributed by atoms with Gasteiger partial charge in [0.25, 0.3) is 0 Å². The van der Waals surface area contributed by atoms with E-state index in [4.69, 9.17) is 0 Å². The molecule has 0 aromatic carbocycles. The maximum atomic E-state index is 11.6. The van der Waals surface area contributed by atoms with Crippen molar-refractivity contribution in [1.29, 1.82) is 0 Å². The number of carboxylic acid groups (broad SMARTS) is 1. The summed E-state index contributed by atoms with van der Waals surface area (Å²) in [5, 5.41) is 9.54. The minimum atomic E-state index is -0.565. The van der Waals surface area contributed by atoms with Crippen molar-refractivity contribution in [2.45, 2.75) is 77.2 Å². The van der Waals surface area contributed by atoms with Crippen LogP contribution in [0.5, 0.6) is 0 Å². The minimum Gasteiger partial charge on any atom is -0.481 e. The monoisotopic (exact) mass is 293 g/mol. The Bertz CT molecular complexity index is 365. The minimum absolute atomic E-state index is 0.124. The van der Waals surface area contributed by atoms with E-state index in [2.05, 4.69) is 11.8 Å². The van der Waals surface area contributed by atoms with Crippen LogP contribution in [0.3, 0.4) is 0 Å². The van der Waals surface area contributed by atoms with Crippen LogP contribution in [0.25, 0.3) is 0 Å². The summed E-state index contributed by atoms with van der Waals surface area (Å²) in [6.45, 7) is 4.57. The quantitative estimate of drug-likeness (QED) is 0.839. The van der Waals surface area contributed by atoms with E-state index in [-0.39, 0.29) is 5.92 Å². The van der Waals surface area contributed by atoms with Crippen LogP contribution in [0.2, 0.25) is 0 Å². The summed E-state index contributed by atoms with van der Waals surface area (Å²) in [6, 6.07) is 0.298. The van der Waals surface area contributed by atoms with E-state index in [0.29, 0.717) is 17.4 Å². The lowest BCUT2D eigenvalue weighted by molar-refractivity contribution is -0.146. The number of nitrogens with zero attached hydrogens (tertiary/aromatic N) is 1. The fraction of sp³-hybridized carbons (Fsp3) is 0.944. The van der Waals surface area contributed by atoms with Gasteiger partial charge in [0, 0.05) is 6.04 Å². The van der Waals surface area contributed by atoms with Crippen LogP contribution in [0.1, 0.15) is 71.1 Å². The van der Waals surface area contributed by atoms with Crippen molar-refractivity contribution < 1.29 is 9.90 Å². The van der Waals surface area contributed by atoms with Gasteiger partial charge in [-0.2, -0.15) is 0 Å². The molecule has 3 unspecified atom stereocenters. The third kappa shape index (κ3) is 3.28. The molecule has 0 amide bonds. The maximum absolute atomic E-state index is 11.6. The molecule has 3 atom stereocenters. The van der Waals surface area contributed by atoms with Gasteiger partial charge < -0.3 is 5.11 Å². The van der Waals surface area contributed by atoms with E-state index in [1.807, 2.05) is 0 Å². The second-order valence-electron chi connectivity index (χ2n) is 8.03. The number of hydrogen-bond acceptors (Lipinski definition) is 2. The summed E-state index contributed by atoms with van der Waals surface area (Å²) in [7, 11) is 0. The molecule has 0 aromatic heterocycles. The summed E-state index contributed by atoms with van der Waals surface area (Å²) >= 11 is 0. The Kier molecular flexibility index (Phi) is 4.58. The zero-order valence-corrected chi connectivity index (χ0v) is 13.5. The summed E-state index contributed by atoms with van der Waals surface area (Å²) in [5.41, 5.74) is 0.619. The Balaban J connectivity index is 1.62. The first-order valence-corrected chi connectivity index (χ1v) is 9.06. The maximum Gasteiger partial charge on any atom is 0.308 e. The van der Waals surface area contributed by atoms with Gasteiger partial charge in [-0.3, -0.25) is 9.69 Å². The highest BCUT2D eigenvalue weighted by Gasteiger charge is 2.42. The Morgan fingerprint density at radius 1 is 1.05 bits per heavy atom. The van der Waals surface area contributed by atoms with Crippen molar-refractivity contribution in [3.8, 4) is 0 Å². The first kappa shape index (κ1) is 15.3. The largest absolute Gasteiger partial charge is 0.481 e. The summed E-state index contributed by atoms with van der Waals surface area (Å²) in [6.07, 6.45) is 12.8. The molecule has 2 saturated carbocycles. The van der Waals surface area contributed by atoms with Gasteiger partial charge in [0.15, 0.2) is 0 Å². The molecule has 120 valence electrons. The predicted molar refractivity (Wildman–Crippen MR) is 84.3 cm³/mol. The molecule has 3 aliphatic rings. The number of aliphatic carboxylic acids is 1. The first-order valence-electron chi connectivity index (χ1n) is 9.06. The molecule has 0 aromatic rings. The van der Waals surface area contributed by atoms with Gasteiger partial charge in [0.2, 0.25) is 0 Å². The van der Waals surface area contributed by atoms with Crippen molar-refractivity contribution in [3.05, 3.63) is 0 Å². The van der Waals surface area contributed by atoms with E-state index in [0.717, 1.165) is 32.4 Å². The molecule has 1 saturated heterocycles. The van der Waals surface area contributed by atoms with Gasteiger partial charge in [-0.15, -0.1) is 0 Å². The molecule has 1 aliphatic heterocycles. The van der Waals surface area contributed by atoms with E-state index >= 15 is 0 Å². The molecule has 1 heterocycles. The van der Waals surface area contributed by atoms with Crippen molar-refractivity contribution in [1.82, 2.24) is 4.90 Å². The van der Waals surface area contributed by atoms with Crippen LogP contribution >= 0.6 is 0 Å². The topological polar surface area (TPSA) is 40.5 Å². The standard InChI is InChI=1S/C18H31NO2/c1-14-5-6-15(17(20)21)16(13-14)19-11-9-18(10-12-19)7-3-2-4-8-18/h14-16H,2-13H2,1H3,(H,20,21). The number of carboxylic acids is 1. The normalized spacial score (nSPS) is 37.5. The molecule has 3 nitrogen and oxygen atoms in total. The van der Waals surface area contributed by atoms with Crippen LogP contribution in [0.4, 0.5) is 0 Å². The van der Waals surface area contributed by atoms with E-state index in [9.17, 15) is 9.90 Å². The number of carbonyl (C=O) groups is 1. The van der Waals surface area contributed by atoms with Crippen LogP contribution in [0, 0.1) is 17.3 Å². The Hall–Kier alpha value is -0.570. The number of rotatable bonds is 2. The fourth-order valence-electron chi connectivity index (χ4n) is 5.17. The molecule has 3 rings (SSSR count). The van der Waals surface area contributed by atoms with Crippen molar-refractivity contribution in [3.63, 3.8) is 0 Å².